The highest BCUT2D eigenvalue weighted by Crippen LogP contribution is 2.24. The van der Waals surface area contributed by atoms with Gasteiger partial charge in [-0.3, -0.25) is 14.4 Å². The molecule has 7 heteroatoms. The van der Waals surface area contributed by atoms with E-state index < -0.39 is 5.91 Å². The number of carbonyl (C=O) groups excluding carboxylic acids is 1. The smallest absolute Gasteiger partial charge is 0.248 e. The van der Waals surface area contributed by atoms with Crippen molar-refractivity contribution in [1.82, 2.24) is 24.6 Å². The van der Waals surface area contributed by atoms with Crippen molar-refractivity contribution in [1.29, 1.82) is 0 Å². The van der Waals surface area contributed by atoms with Crippen LogP contribution in [0.2, 0.25) is 0 Å². The Balaban J connectivity index is 1.51. The van der Waals surface area contributed by atoms with Crippen molar-refractivity contribution in [2.45, 2.75) is 26.4 Å². The lowest BCUT2D eigenvalue weighted by molar-refractivity contribution is 0.100. The van der Waals surface area contributed by atoms with Crippen molar-refractivity contribution in [3.8, 4) is 11.4 Å². The molecule has 0 unspecified atom stereocenters. The Hall–Kier alpha value is -2.93. The number of aromatic amines is 1. The van der Waals surface area contributed by atoms with Crippen LogP contribution in [0.4, 0.5) is 0 Å². The van der Waals surface area contributed by atoms with Gasteiger partial charge in [0.25, 0.3) is 0 Å². The van der Waals surface area contributed by atoms with E-state index in [1.54, 1.807) is 12.1 Å². The second kappa shape index (κ2) is 6.42. The summed E-state index contributed by atoms with van der Waals surface area (Å²) in [6, 6.07) is 7.22. The number of primary amides is 1. The quantitative estimate of drug-likeness (QED) is 0.750. The van der Waals surface area contributed by atoms with E-state index in [9.17, 15) is 4.79 Å². The van der Waals surface area contributed by atoms with Crippen LogP contribution in [-0.4, -0.2) is 37.1 Å². The molecule has 1 aliphatic rings. The van der Waals surface area contributed by atoms with Gasteiger partial charge < -0.3 is 10.7 Å². The molecular formula is C19H22N6O. The number of aryl methyl sites for hydroxylation is 1. The first-order valence-electron chi connectivity index (χ1n) is 8.69. The summed E-state index contributed by atoms with van der Waals surface area (Å²) in [4.78, 5) is 21.8. The van der Waals surface area contributed by atoms with Gasteiger partial charge in [0.05, 0.1) is 17.6 Å². The van der Waals surface area contributed by atoms with Gasteiger partial charge >= 0.3 is 0 Å². The van der Waals surface area contributed by atoms with E-state index in [0.717, 1.165) is 48.8 Å². The third kappa shape index (κ3) is 3.01. The van der Waals surface area contributed by atoms with Gasteiger partial charge in [-0.05, 0) is 19.1 Å². The molecule has 4 rings (SSSR count). The topological polar surface area (TPSA) is 92.8 Å². The molecule has 0 radical (unpaired) electrons. The Bertz CT molecular complexity index is 953. The van der Waals surface area contributed by atoms with Gasteiger partial charge in [0.2, 0.25) is 5.91 Å². The summed E-state index contributed by atoms with van der Waals surface area (Å²) in [5, 5.41) is 4.33. The summed E-state index contributed by atoms with van der Waals surface area (Å²) in [6.45, 7) is 4.81. The number of rotatable bonds is 4. The van der Waals surface area contributed by atoms with E-state index in [4.69, 9.17) is 10.7 Å². The van der Waals surface area contributed by atoms with Crippen LogP contribution in [0.15, 0.2) is 30.5 Å². The molecule has 2 aromatic heterocycles. The van der Waals surface area contributed by atoms with Gasteiger partial charge in [0.1, 0.15) is 5.82 Å². The first kappa shape index (κ1) is 16.5. The van der Waals surface area contributed by atoms with Crippen LogP contribution >= 0.6 is 0 Å². The zero-order chi connectivity index (χ0) is 18.3. The number of benzene rings is 1. The van der Waals surface area contributed by atoms with Crippen LogP contribution in [0.3, 0.4) is 0 Å². The van der Waals surface area contributed by atoms with E-state index in [0.29, 0.717) is 5.56 Å². The number of hydrogen-bond acceptors (Lipinski definition) is 4. The highest BCUT2D eigenvalue weighted by molar-refractivity contribution is 5.93. The number of carbonyl (C=O) groups is 1. The normalized spacial score (nSPS) is 14.4. The summed E-state index contributed by atoms with van der Waals surface area (Å²) < 4.78 is 1.91. The van der Waals surface area contributed by atoms with Gasteiger partial charge in [-0.1, -0.05) is 12.1 Å². The van der Waals surface area contributed by atoms with Crippen molar-refractivity contribution >= 4 is 5.91 Å². The number of amides is 1. The number of hydrogen-bond donors (Lipinski definition) is 2. The number of fused-ring (bicyclic) bond motifs is 1. The zero-order valence-electron chi connectivity index (χ0n) is 15.0. The molecule has 0 spiro atoms. The molecule has 0 saturated heterocycles. The molecule has 1 amide bonds. The minimum Gasteiger partial charge on any atom is -0.366 e. The van der Waals surface area contributed by atoms with Gasteiger partial charge in [0, 0.05) is 55.5 Å². The summed E-state index contributed by atoms with van der Waals surface area (Å²) in [6.07, 6.45) is 2.87. The minimum absolute atomic E-state index is 0.420. The maximum atomic E-state index is 11.2. The van der Waals surface area contributed by atoms with E-state index in [2.05, 4.69) is 21.9 Å². The Morgan fingerprint density at radius 2 is 2.08 bits per heavy atom. The molecule has 0 atom stereocenters. The molecule has 1 aromatic carbocycles. The Kier molecular flexibility index (Phi) is 4.08. The first-order valence-corrected chi connectivity index (χ1v) is 8.69. The molecule has 1 aliphatic heterocycles. The molecule has 0 aliphatic carbocycles. The van der Waals surface area contributed by atoms with E-state index in [1.807, 2.05) is 30.1 Å². The van der Waals surface area contributed by atoms with Crippen molar-refractivity contribution < 1.29 is 4.79 Å². The van der Waals surface area contributed by atoms with Crippen molar-refractivity contribution in [2.24, 2.45) is 12.8 Å². The second-order valence-corrected chi connectivity index (χ2v) is 6.79. The maximum Gasteiger partial charge on any atom is 0.248 e. The lowest BCUT2D eigenvalue weighted by Crippen LogP contribution is -2.30. The zero-order valence-corrected chi connectivity index (χ0v) is 15.0. The third-order valence-electron chi connectivity index (χ3n) is 5.08. The molecular weight excluding hydrogens is 328 g/mol. The summed E-state index contributed by atoms with van der Waals surface area (Å²) >= 11 is 0. The maximum absolute atomic E-state index is 11.2. The molecule has 134 valence electrons. The first-order chi connectivity index (χ1) is 12.5. The van der Waals surface area contributed by atoms with Gasteiger partial charge in [-0.2, -0.15) is 5.10 Å². The summed E-state index contributed by atoms with van der Waals surface area (Å²) in [5.74, 6) is 0.419. The van der Waals surface area contributed by atoms with Crippen LogP contribution in [0.5, 0.6) is 0 Å². The average Bonchev–Trinajstić information content (AvgIpc) is 3.20. The van der Waals surface area contributed by atoms with Gasteiger partial charge in [-0.15, -0.1) is 0 Å². The van der Waals surface area contributed by atoms with Crippen molar-refractivity contribution in [2.75, 3.05) is 6.54 Å². The third-order valence-corrected chi connectivity index (χ3v) is 5.08. The van der Waals surface area contributed by atoms with Crippen LogP contribution < -0.4 is 5.73 Å². The van der Waals surface area contributed by atoms with Crippen molar-refractivity contribution in [3.63, 3.8) is 0 Å². The van der Waals surface area contributed by atoms with Gasteiger partial charge in [-0.25, -0.2) is 4.98 Å². The predicted molar refractivity (Wildman–Crippen MR) is 98.3 cm³/mol. The molecule has 0 saturated carbocycles. The fourth-order valence-corrected chi connectivity index (χ4v) is 3.35. The number of H-pyrrole nitrogens is 1. The average molecular weight is 350 g/mol. The van der Waals surface area contributed by atoms with Crippen LogP contribution in [0.1, 0.15) is 33.0 Å². The molecule has 0 bridgehead atoms. The highest BCUT2D eigenvalue weighted by Gasteiger charge is 2.21. The molecule has 3 heterocycles. The Morgan fingerprint density at radius 3 is 2.73 bits per heavy atom. The number of aromatic nitrogens is 4. The number of nitrogens with zero attached hydrogens (tertiary/aromatic N) is 4. The van der Waals surface area contributed by atoms with E-state index in [1.165, 1.54) is 11.3 Å². The predicted octanol–water partition coefficient (Wildman–Crippen LogP) is 1.78. The van der Waals surface area contributed by atoms with Crippen LogP contribution in [0, 0.1) is 6.92 Å². The molecule has 3 N–H and O–H groups in total. The fraction of sp³-hybridized carbons (Fsp3) is 0.316. The van der Waals surface area contributed by atoms with E-state index in [-0.39, 0.29) is 0 Å². The summed E-state index contributed by atoms with van der Waals surface area (Å²) in [7, 11) is 1.97. The van der Waals surface area contributed by atoms with Crippen LogP contribution in [0.25, 0.3) is 11.4 Å². The monoisotopic (exact) mass is 350 g/mol. The largest absolute Gasteiger partial charge is 0.366 e. The Labute approximate surface area is 151 Å². The molecule has 26 heavy (non-hydrogen) atoms. The lowest BCUT2D eigenvalue weighted by Gasteiger charge is -2.25. The molecule has 0 fully saturated rings. The second-order valence-electron chi connectivity index (χ2n) is 6.79. The number of imidazole rings is 1. The standard InChI is InChI=1S/C19H22N6O/c1-12-15(9-21-24(12)2)10-25-8-7-16-17(11-25)23-19(22-16)14-5-3-13(4-6-14)18(20)26/h3-6,9H,7-8,10-11H2,1-2H3,(H2,20,26)(H,22,23). The fourth-order valence-electron chi connectivity index (χ4n) is 3.35. The summed E-state index contributed by atoms with van der Waals surface area (Å²) in [5.41, 5.74) is 11.5. The molecule has 7 nitrogen and oxygen atoms in total. The van der Waals surface area contributed by atoms with Crippen molar-refractivity contribution in [3.05, 3.63) is 58.7 Å². The number of nitrogens with one attached hydrogen (secondary N) is 1. The minimum atomic E-state index is -0.420. The number of nitrogens with two attached hydrogens (primary N) is 1. The Morgan fingerprint density at radius 1 is 1.31 bits per heavy atom. The van der Waals surface area contributed by atoms with Crippen LogP contribution in [-0.2, 0) is 26.6 Å². The highest BCUT2D eigenvalue weighted by atomic mass is 16.1. The van der Waals surface area contributed by atoms with Gasteiger partial charge in [0.15, 0.2) is 0 Å². The van der Waals surface area contributed by atoms with E-state index >= 15 is 0 Å². The lowest BCUT2D eigenvalue weighted by atomic mass is 10.1. The SMILES string of the molecule is Cc1c(CN2CCc3nc(-c4ccc(C(N)=O)cc4)[nH]c3C2)cnn1C. The molecule has 3 aromatic rings.